The SMILES string of the molecule is CCC(CN)C(O)c1cc(Br)sc1Br. The number of thiophene rings is 1. The highest BCUT2D eigenvalue weighted by molar-refractivity contribution is 9.12. The summed E-state index contributed by atoms with van der Waals surface area (Å²) in [6.45, 7) is 2.55. The van der Waals surface area contributed by atoms with E-state index in [1.165, 1.54) is 0 Å². The highest BCUT2D eigenvalue weighted by atomic mass is 79.9. The molecule has 1 aromatic rings. The van der Waals surface area contributed by atoms with E-state index in [0.717, 1.165) is 19.6 Å². The van der Waals surface area contributed by atoms with E-state index >= 15 is 0 Å². The van der Waals surface area contributed by atoms with Gasteiger partial charge in [-0.3, -0.25) is 0 Å². The molecule has 80 valence electrons. The fraction of sp³-hybridized carbons (Fsp3) is 0.556. The quantitative estimate of drug-likeness (QED) is 0.881. The number of rotatable bonds is 4. The maximum atomic E-state index is 10.1. The molecule has 0 radical (unpaired) electrons. The van der Waals surface area contributed by atoms with E-state index in [0.29, 0.717) is 6.54 Å². The summed E-state index contributed by atoms with van der Waals surface area (Å²) in [6.07, 6.45) is 0.416. The monoisotopic (exact) mass is 341 g/mol. The first-order valence-electron chi connectivity index (χ1n) is 4.43. The average Bonchev–Trinajstić information content (AvgIpc) is 2.47. The number of aliphatic hydroxyl groups excluding tert-OH is 1. The highest BCUT2D eigenvalue weighted by Gasteiger charge is 2.21. The highest BCUT2D eigenvalue weighted by Crippen LogP contribution is 2.38. The molecule has 0 amide bonds. The summed E-state index contributed by atoms with van der Waals surface area (Å²) in [5.74, 6) is 0.132. The Morgan fingerprint density at radius 1 is 1.57 bits per heavy atom. The first-order valence-corrected chi connectivity index (χ1v) is 6.83. The van der Waals surface area contributed by atoms with Crippen LogP contribution in [0.25, 0.3) is 0 Å². The summed E-state index contributed by atoms with van der Waals surface area (Å²) in [5.41, 5.74) is 6.52. The molecule has 0 bridgehead atoms. The minimum Gasteiger partial charge on any atom is -0.388 e. The lowest BCUT2D eigenvalue weighted by Gasteiger charge is -2.19. The molecule has 0 saturated carbocycles. The van der Waals surface area contributed by atoms with Crippen molar-refractivity contribution in [3.05, 3.63) is 19.2 Å². The molecule has 1 rings (SSSR count). The van der Waals surface area contributed by atoms with Crippen LogP contribution in [0.3, 0.4) is 0 Å². The van der Waals surface area contributed by atoms with Crippen LogP contribution in [0.2, 0.25) is 0 Å². The minimum atomic E-state index is -0.470. The molecule has 1 heterocycles. The van der Waals surface area contributed by atoms with E-state index in [4.69, 9.17) is 5.73 Å². The summed E-state index contributed by atoms with van der Waals surface area (Å²) in [7, 11) is 0. The van der Waals surface area contributed by atoms with E-state index in [1.54, 1.807) is 11.3 Å². The summed E-state index contributed by atoms with van der Waals surface area (Å²) >= 11 is 8.39. The standard InChI is InChI=1S/C9H13Br2NOS/c1-2-5(4-12)8(13)6-3-7(10)14-9(6)11/h3,5,8,13H,2,4,12H2,1H3. The summed E-state index contributed by atoms with van der Waals surface area (Å²) in [4.78, 5) is 0. The van der Waals surface area contributed by atoms with Gasteiger partial charge in [0.25, 0.3) is 0 Å². The molecule has 0 aliphatic rings. The third-order valence-electron chi connectivity index (χ3n) is 2.28. The molecular formula is C9H13Br2NOS. The van der Waals surface area contributed by atoms with Gasteiger partial charge in [-0.2, -0.15) is 0 Å². The van der Waals surface area contributed by atoms with Gasteiger partial charge in [0, 0.05) is 11.5 Å². The van der Waals surface area contributed by atoms with Crippen molar-refractivity contribution < 1.29 is 5.11 Å². The topological polar surface area (TPSA) is 46.2 Å². The van der Waals surface area contributed by atoms with Crippen molar-refractivity contribution in [2.45, 2.75) is 19.4 Å². The molecule has 2 unspecified atom stereocenters. The molecule has 0 aromatic carbocycles. The lowest BCUT2D eigenvalue weighted by Crippen LogP contribution is -2.21. The zero-order valence-corrected chi connectivity index (χ0v) is 11.8. The zero-order valence-electron chi connectivity index (χ0n) is 7.84. The second kappa shape index (κ2) is 5.61. The van der Waals surface area contributed by atoms with Gasteiger partial charge in [-0.1, -0.05) is 6.92 Å². The van der Waals surface area contributed by atoms with Crippen LogP contribution in [0.5, 0.6) is 0 Å². The van der Waals surface area contributed by atoms with Gasteiger partial charge < -0.3 is 10.8 Å². The van der Waals surface area contributed by atoms with Crippen molar-refractivity contribution in [2.24, 2.45) is 11.7 Å². The molecule has 5 heteroatoms. The van der Waals surface area contributed by atoms with E-state index in [2.05, 4.69) is 31.9 Å². The molecule has 0 saturated heterocycles. The van der Waals surface area contributed by atoms with Gasteiger partial charge in [0.05, 0.1) is 13.7 Å². The van der Waals surface area contributed by atoms with E-state index in [-0.39, 0.29) is 5.92 Å². The second-order valence-electron chi connectivity index (χ2n) is 3.13. The number of nitrogens with two attached hydrogens (primary N) is 1. The molecule has 0 aliphatic heterocycles. The van der Waals surface area contributed by atoms with Gasteiger partial charge in [-0.05, 0) is 50.9 Å². The van der Waals surface area contributed by atoms with Crippen LogP contribution in [-0.4, -0.2) is 11.7 Å². The Balaban J connectivity index is 2.87. The Hall–Kier alpha value is 0.580. The maximum absolute atomic E-state index is 10.1. The fourth-order valence-corrected chi connectivity index (χ4v) is 4.24. The van der Waals surface area contributed by atoms with Crippen molar-refractivity contribution >= 4 is 43.2 Å². The van der Waals surface area contributed by atoms with E-state index < -0.39 is 6.10 Å². The van der Waals surface area contributed by atoms with Crippen LogP contribution in [0.1, 0.15) is 25.0 Å². The third-order valence-corrected chi connectivity index (χ3v) is 4.66. The Bertz CT molecular complexity index is 299. The smallest absolute Gasteiger partial charge is 0.0849 e. The fourth-order valence-electron chi connectivity index (χ4n) is 1.33. The lowest BCUT2D eigenvalue weighted by atomic mass is 9.95. The molecule has 2 nitrogen and oxygen atoms in total. The summed E-state index contributed by atoms with van der Waals surface area (Å²) < 4.78 is 1.99. The Morgan fingerprint density at radius 2 is 2.21 bits per heavy atom. The van der Waals surface area contributed by atoms with Gasteiger partial charge in [0.15, 0.2) is 0 Å². The van der Waals surface area contributed by atoms with Crippen LogP contribution in [0, 0.1) is 5.92 Å². The second-order valence-corrected chi connectivity index (χ2v) is 6.88. The van der Waals surface area contributed by atoms with Crippen LogP contribution in [-0.2, 0) is 0 Å². The molecule has 0 spiro atoms. The first kappa shape index (κ1) is 12.6. The molecule has 2 atom stereocenters. The molecule has 0 fully saturated rings. The van der Waals surface area contributed by atoms with Crippen LogP contribution in [0.4, 0.5) is 0 Å². The zero-order chi connectivity index (χ0) is 10.7. The van der Waals surface area contributed by atoms with Gasteiger partial charge in [0.1, 0.15) is 0 Å². The van der Waals surface area contributed by atoms with Crippen molar-refractivity contribution in [1.82, 2.24) is 0 Å². The van der Waals surface area contributed by atoms with Crippen molar-refractivity contribution in [3.63, 3.8) is 0 Å². The predicted molar refractivity (Wildman–Crippen MR) is 67.5 cm³/mol. The first-order chi connectivity index (χ1) is 6.60. The molecule has 1 aromatic heterocycles. The van der Waals surface area contributed by atoms with E-state index in [9.17, 15) is 5.11 Å². The van der Waals surface area contributed by atoms with Crippen LogP contribution < -0.4 is 5.73 Å². The van der Waals surface area contributed by atoms with Crippen molar-refractivity contribution in [1.29, 1.82) is 0 Å². The predicted octanol–water partition coefficient (Wildman–Crippen LogP) is 3.29. The van der Waals surface area contributed by atoms with Gasteiger partial charge in [0.2, 0.25) is 0 Å². The number of halogens is 2. The van der Waals surface area contributed by atoms with Crippen LogP contribution in [0.15, 0.2) is 13.6 Å². The van der Waals surface area contributed by atoms with Gasteiger partial charge in [-0.15, -0.1) is 11.3 Å². The molecule has 14 heavy (non-hydrogen) atoms. The average molecular weight is 343 g/mol. The third kappa shape index (κ3) is 2.79. The van der Waals surface area contributed by atoms with E-state index in [1.807, 2.05) is 13.0 Å². The normalized spacial score (nSPS) is 15.5. The van der Waals surface area contributed by atoms with Crippen molar-refractivity contribution in [3.8, 4) is 0 Å². The van der Waals surface area contributed by atoms with Crippen molar-refractivity contribution in [2.75, 3.05) is 6.54 Å². The Labute approximate surface area is 105 Å². The van der Waals surface area contributed by atoms with Gasteiger partial charge >= 0.3 is 0 Å². The summed E-state index contributed by atoms with van der Waals surface area (Å²) in [6, 6.07) is 1.94. The maximum Gasteiger partial charge on any atom is 0.0849 e. The summed E-state index contributed by atoms with van der Waals surface area (Å²) in [5, 5.41) is 10.1. The number of hydrogen-bond donors (Lipinski definition) is 2. The number of aliphatic hydroxyl groups is 1. The minimum absolute atomic E-state index is 0.132. The lowest BCUT2D eigenvalue weighted by molar-refractivity contribution is 0.110. The Kier molecular flexibility index (Phi) is 5.06. The molecular weight excluding hydrogens is 330 g/mol. The largest absolute Gasteiger partial charge is 0.388 e. The van der Waals surface area contributed by atoms with Crippen LogP contribution >= 0.6 is 43.2 Å². The Morgan fingerprint density at radius 3 is 2.57 bits per heavy atom. The molecule has 0 aliphatic carbocycles. The number of hydrogen-bond acceptors (Lipinski definition) is 3. The molecule has 3 N–H and O–H groups in total. The van der Waals surface area contributed by atoms with Gasteiger partial charge in [-0.25, -0.2) is 0 Å².